The van der Waals surface area contributed by atoms with Crippen LogP contribution in [0, 0.1) is 11.6 Å². The molecule has 1 aliphatic rings. The van der Waals surface area contributed by atoms with Crippen molar-refractivity contribution in [2.45, 2.75) is 31.3 Å². The summed E-state index contributed by atoms with van der Waals surface area (Å²) in [4.78, 5) is 12.6. The number of likely N-dealkylation sites (tertiary alicyclic amines) is 1. The van der Waals surface area contributed by atoms with Gasteiger partial charge in [-0.15, -0.1) is 12.4 Å². The van der Waals surface area contributed by atoms with Crippen LogP contribution in [0.2, 0.25) is 0 Å². The van der Waals surface area contributed by atoms with Crippen LogP contribution >= 0.6 is 12.4 Å². The van der Waals surface area contributed by atoms with Gasteiger partial charge in [0.15, 0.2) is 11.6 Å². The van der Waals surface area contributed by atoms with Crippen LogP contribution < -0.4 is 5.32 Å². The van der Waals surface area contributed by atoms with Gasteiger partial charge in [-0.3, -0.25) is 9.69 Å². The summed E-state index contributed by atoms with van der Waals surface area (Å²) in [6.07, 6.45) is 1.58. The summed E-state index contributed by atoms with van der Waals surface area (Å²) >= 11 is 0. The minimum absolute atomic E-state index is 0. The van der Waals surface area contributed by atoms with E-state index in [1.54, 1.807) is 6.07 Å². The Balaban J connectivity index is 0.00000242. The van der Waals surface area contributed by atoms with Crippen LogP contribution in [0.5, 0.6) is 0 Å². The van der Waals surface area contributed by atoms with E-state index >= 15 is 0 Å². The number of carboxylic acid groups (broad SMARTS) is 1. The first-order valence-electron chi connectivity index (χ1n) is 7.09. The Morgan fingerprint density at radius 1 is 1.41 bits per heavy atom. The van der Waals surface area contributed by atoms with E-state index in [1.807, 2.05) is 7.05 Å². The summed E-state index contributed by atoms with van der Waals surface area (Å²) in [5.74, 6) is -2.49. The van der Waals surface area contributed by atoms with E-state index in [1.165, 1.54) is 6.07 Å². The smallest absolute Gasteiger partial charge is 0.303 e. The molecule has 22 heavy (non-hydrogen) atoms. The van der Waals surface area contributed by atoms with Gasteiger partial charge in [0.25, 0.3) is 0 Å². The Morgan fingerprint density at radius 3 is 2.77 bits per heavy atom. The summed E-state index contributed by atoms with van der Waals surface area (Å²) in [7, 11) is 1.95. The molecule has 1 saturated heterocycles. The minimum Gasteiger partial charge on any atom is -0.481 e. The highest BCUT2D eigenvalue weighted by Gasteiger charge is 2.32. The first kappa shape index (κ1) is 18.8. The van der Waals surface area contributed by atoms with Crippen LogP contribution in [-0.2, 0) is 4.79 Å². The van der Waals surface area contributed by atoms with Crippen molar-refractivity contribution in [1.82, 2.24) is 10.2 Å². The SMILES string of the molecule is CN1CCC(NCCCC(=O)O)C1c1ccc(F)c(F)c1.Cl. The van der Waals surface area contributed by atoms with Gasteiger partial charge in [0.1, 0.15) is 0 Å². The second-order valence-electron chi connectivity index (χ2n) is 5.45. The summed E-state index contributed by atoms with van der Waals surface area (Å²) in [5.41, 5.74) is 0.740. The maximum atomic E-state index is 13.4. The Bertz CT molecular complexity index is 516. The van der Waals surface area contributed by atoms with E-state index in [0.717, 1.165) is 24.6 Å². The van der Waals surface area contributed by atoms with Gasteiger partial charge in [-0.25, -0.2) is 8.78 Å². The van der Waals surface area contributed by atoms with Crippen molar-refractivity contribution in [3.63, 3.8) is 0 Å². The summed E-state index contributed by atoms with van der Waals surface area (Å²) in [6.45, 7) is 1.46. The van der Waals surface area contributed by atoms with Crippen molar-refractivity contribution in [1.29, 1.82) is 0 Å². The number of carbonyl (C=O) groups is 1. The molecule has 2 N–H and O–H groups in total. The molecule has 1 aliphatic heterocycles. The van der Waals surface area contributed by atoms with E-state index in [2.05, 4.69) is 10.2 Å². The molecule has 0 bridgehead atoms. The van der Waals surface area contributed by atoms with Crippen LogP contribution in [0.1, 0.15) is 30.9 Å². The number of nitrogens with zero attached hydrogens (tertiary/aromatic N) is 1. The fourth-order valence-corrected chi connectivity index (χ4v) is 2.87. The molecular formula is C15H21ClF2N2O2. The molecule has 1 aromatic rings. The molecule has 0 aliphatic carbocycles. The zero-order valence-electron chi connectivity index (χ0n) is 12.4. The van der Waals surface area contributed by atoms with E-state index in [-0.39, 0.29) is 30.9 Å². The van der Waals surface area contributed by atoms with Crippen LogP contribution in [0.4, 0.5) is 8.78 Å². The normalized spacial score (nSPS) is 21.6. The molecule has 7 heteroatoms. The van der Waals surface area contributed by atoms with E-state index < -0.39 is 17.6 Å². The third kappa shape index (κ3) is 4.63. The highest BCUT2D eigenvalue weighted by molar-refractivity contribution is 5.85. The molecule has 4 nitrogen and oxygen atoms in total. The molecule has 0 spiro atoms. The number of rotatable bonds is 6. The molecule has 1 heterocycles. The maximum Gasteiger partial charge on any atom is 0.303 e. The number of hydrogen-bond donors (Lipinski definition) is 2. The average Bonchev–Trinajstić information content (AvgIpc) is 2.79. The number of carboxylic acids is 1. The van der Waals surface area contributed by atoms with Crippen molar-refractivity contribution in [3.8, 4) is 0 Å². The Morgan fingerprint density at radius 2 is 2.14 bits per heavy atom. The fraction of sp³-hybridized carbons (Fsp3) is 0.533. The van der Waals surface area contributed by atoms with E-state index in [4.69, 9.17) is 5.11 Å². The largest absolute Gasteiger partial charge is 0.481 e. The second kappa shape index (κ2) is 8.41. The Hall–Kier alpha value is -1.24. The highest BCUT2D eigenvalue weighted by atomic mass is 35.5. The van der Waals surface area contributed by atoms with Gasteiger partial charge in [0, 0.05) is 25.0 Å². The highest BCUT2D eigenvalue weighted by Crippen LogP contribution is 2.31. The van der Waals surface area contributed by atoms with Crippen molar-refractivity contribution in [2.24, 2.45) is 0 Å². The lowest BCUT2D eigenvalue weighted by Crippen LogP contribution is -2.35. The summed E-state index contributed by atoms with van der Waals surface area (Å²) < 4.78 is 26.4. The second-order valence-corrected chi connectivity index (χ2v) is 5.45. The van der Waals surface area contributed by atoms with Gasteiger partial charge in [-0.2, -0.15) is 0 Å². The first-order chi connectivity index (χ1) is 9.99. The monoisotopic (exact) mass is 334 g/mol. The molecule has 2 unspecified atom stereocenters. The molecule has 2 atom stereocenters. The third-order valence-electron chi connectivity index (χ3n) is 3.91. The van der Waals surface area contributed by atoms with Crippen molar-refractivity contribution < 1.29 is 18.7 Å². The predicted molar refractivity (Wildman–Crippen MR) is 82.3 cm³/mol. The molecule has 2 rings (SSSR count). The standard InChI is InChI=1S/C15H20F2N2O2.ClH/c1-19-8-6-13(18-7-2-3-14(20)21)15(19)10-4-5-11(16)12(17)9-10;/h4-5,9,13,15,18H,2-3,6-8H2,1H3,(H,20,21);1H. The Labute approximate surface area is 134 Å². The summed E-state index contributed by atoms with van der Waals surface area (Å²) in [6, 6.07) is 4.10. The average molecular weight is 335 g/mol. The van der Waals surface area contributed by atoms with Crippen LogP contribution in [0.15, 0.2) is 18.2 Å². The molecule has 0 amide bonds. The Kier molecular flexibility index (Phi) is 7.19. The van der Waals surface area contributed by atoms with Crippen LogP contribution in [0.25, 0.3) is 0 Å². The van der Waals surface area contributed by atoms with Gasteiger partial charge in [-0.05, 0) is 44.1 Å². The molecule has 0 saturated carbocycles. The van der Waals surface area contributed by atoms with Gasteiger partial charge in [0.2, 0.25) is 0 Å². The van der Waals surface area contributed by atoms with Gasteiger partial charge >= 0.3 is 5.97 Å². The fourth-order valence-electron chi connectivity index (χ4n) is 2.87. The zero-order valence-corrected chi connectivity index (χ0v) is 13.2. The van der Waals surface area contributed by atoms with Gasteiger partial charge < -0.3 is 10.4 Å². The molecule has 0 radical (unpaired) electrons. The van der Waals surface area contributed by atoms with E-state index in [9.17, 15) is 13.6 Å². The zero-order chi connectivity index (χ0) is 15.4. The lowest BCUT2D eigenvalue weighted by Gasteiger charge is -2.26. The topological polar surface area (TPSA) is 52.6 Å². The summed E-state index contributed by atoms with van der Waals surface area (Å²) in [5, 5.41) is 11.9. The van der Waals surface area contributed by atoms with Gasteiger partial charge in [0.05, 0.1) is 0 Å². The van der Waals surface area contributed by atoms with Gasteiger partial charge in [-0.1, -0.05) is 6.07 Å². The number of hydrogen-bond acceptors (Lipinski definition) is 3. The lowest BCUT2D eigenvalue weighted by atomic mass is 10.00. The molecular weight excluding hydrogens is 314 g/mol. The minimum atomic E-state index is -0.842. The predicted octanol–water partition coefficient (Wildman–Crippen LogP) is 2.59. The third-order valence-corrected chi connectivity index (χ3v) is 3.91. The van der Waals surface area contributed by atoms with Crippen molar-refractivity contribution in [2.75, 3.05) is 20.1 Å². The number of benzene rings is 1. The van der Waals surface area contributed by atoms with Crippen molar-refractivity contribution >= 4 is 18.4 Å². The number of nitrogens with one attached hydrogen (secondary N) is 1. The molecule has 1 aromatic carbocycles. The lowest BCUT2D eigenvalue weighted by molar-refractivity contribution is -0.137. The molecule has 124 valence electrons. The first-order valence-corrected chi connectivity index (χ1v) is 7.09. The number of aliphatic carboxylic acids is 1. The van der Waals surface area contributed by atoms with E-state index in [0.29, 0.717) is 13.0 Å². The molecule has 1 fully saturated rings. The quantitative estimate of drug-likeness (QED) is 0.785. The number of halogens is 3. The maximum absolute atomic E-state index is 13.4. The van der Waals surface area contributed by atoms with Crippen LogP contribution in [-0.4, -0.2) is 42.2 Å². The number of likely N-dealkylation sites (N-methyl/N-ethyl adjacent to an activating group) is 1. The molecule has 0 aromatic heterocycles. The van der Waals surface area contributed by atoms with Crippen molar-refractivity contribution in [3.05, 3.63) is 35.4 Å². The van der Waals surface area contributed by atoms with Crippen LogP contribution in [0.3, 0.4) is 0 Å².